The first-order chi connectivity index (χ1) is 15.4. The summed E-state index contributed by atoms with van der Waals surface area (Å²) in [5.74, 6) is -1.44. The van der Waals surface area contributed by atoms with Crippen LogP contribution in [0, 0.1) is 0 Å². The number of carbonyl (C=O) groups is 3. The van der Waals surface area contributed by atoms with Crippen LogP contribution in [0.3, 0.4) is 0 Å². The fourth-order valence-corrected chi connectivity index (χ4v) is 3.29. The average molecular weight is 450 g/mol. The lowest BCUT2D eigenvalue weighted by molar-refractivity contribution is -0.117. The molecule has 3 rings (SSSR count). The summed E-state index contributed by atoms with van der Waals surface area (Å²) in [4.78, 5) is 37.8. The summed E-state index contributed by atoms with van der Waals surface area (Å²) in [7, 11) is 0. The van der Waals surface area contributed by atoms with E-state index in [4.69, 9.17) is 16.3 Å². The summed E-state index contributed by atoms with van der Waals surface area (Å²) < 4.78 is 5.14. The standard InChI is InChI=1S/C26H24ClNO4/c1-3-14-32-26(31)21-12-13-22(27)23(16-21)28-25(30)17(2)19-10-7-11-20(15-19)24(29)18-8-5-4-6-9-18/h4-13,15-17H,3,14H2,1-2H3,(H,28,30)/t17-/m1/s1. The van der Waals surface area contributed by atoms with Gasteiger partial charge in [0.1, 0.15) is 0 Å². The Kier molecular flexibility index (Phi) is 7.79. The topological polar surface area (TPSA) is 72.5 Å². The number of ketones is 1. The summed E-state index contributed by atoms with van der Waals surface area (Å²) in [6.45, 7) is 3.97. The van der Waals surface area contributed by atoms with Gasteiger partial charge in [0, 0.05) is 11.1 Å². The Balaban J connectivity index is 1.76. The van der Waals surface area contributed by atoms with Crippen molar-refractivity contribution in [1.29, 1.82) is 0 Å². The van der Waals surface area contributed by atoms with Crippen LogP contribution < -0.4 is 5.32 Å². The van der Waals surface area contributed by atoms with Gasteiger partial charge in [-0.15, -0.1) is 0 Å². The van der Waals surface area contributed by atoms with E-state index >= 15 is 0 Å². The molecule has 1 amide bonds. The lowest BCUT2D eigenvalue weighted by atomic mass is 9.95. The molecule has 0 aromatic heterocycles. The number of ether oxygens (including phenoxy) is 1. The molecule has 0 fully saturated rings. The van der Waals surface area contributed by atoms with Gasteiger partial charge < -0.3 is 10.1 Å². The molecule has 0 aliphatic heterocycles. The van der Waals surface area contributed by atoms with Gasteiger partial charge in [-0.3, -0.25) is 9.59 Å². The van der Waals surface area contributed by atoms with Crippen molar-refractivity contribution in [3.8, 4) is 0 Å². The van der Waals surface area contributed by atoms with Gasteiger partial charge >= 0.3 is 5.97 Å². The highest BCUT2D eigenvalue weighted by atomic mass is 35.5. The third-order valence-corrected chi connectivity index (χ3v) is 5.30. The van der Waals surface area contributed by atoms with E-state index in [0.29, 0.717) is 46.0 Å². The molecule has 0 spiro atoms. The molecule has 0 aliphatic rings. The summed E-state index contributed by atoms with van der Waals surface area (Å²) in [6, 6.07) is 20.6. The number of hydrogen-bond acceptors (Lipinski definition) is 4. The second kappa shape index (κ2) is 10.7. The fourth-order valence-electron chi connectivity index (χ4n) is 3.12. The SMILES string of the molecule is CCCOC(=O)c1ccc(Cl)c(NC(=O)[C@H](C)c2cccc(C(=O)c3ccccc3)c2)c1. The molecule has 3 aromatic rings. The fraction of sp³-hybridized carbons (Fsp3) is 0.192. The number of amides is 1. The van der Waals surface area contributed by atoms with Gasteiger partial charge in [-0.1, -0.05) is 67.1 Å². The van der Waals surface area contributed by atoms with Crippen molar-refractivity contribution in [3.63, 3.8) is 0 Å². The van der Waals surface area contributed by atoms with Crippen LogP contribution in [0.4, 0.5) is 5.69 Å². The predicted molar refractivity (Wildman–Crippen MR) is 125 cm³/mol. The van der Waals surface area contributed by atoms with Crippen molar-refractivity contribution in [2.24, 2.45) is 0 Å². The number of carbonyl (C=O) groups excluding carboxylic acids is 3. The Morgan fingerprint density at radius 3 is 2.34 bits per heavy atom. The Labute approximate surface area is 192 Å². The molecule has 0 unspecified atom stereocenters. The smallest absolute Gasteiger partial charge is 0.338 e. The normalized spacial score (nSPS) is 11.5. The van der Waals surface area contributed by atoms with Gasteiger partial charge in [0.2, 0.25) is 5.91 Å². The van der Waals surface area contributed by atoms with E-state index < -0.39 is 11.9 Å². The van der Waals surface area contributed by atoms with E-state index in [-0.39, 0.29) is 11.7 Å². The molecule has 0 bridgehead atoms. The quantitative estimate of drug-likeness (QED) is 0.344. The molecule has 0 saturated carbocycles. The Morgan fingerprint density at radius 1 is 0.906 bits per heavy atom. The summed E-state index contributed by atoms with van der Waals surface area (Å²) >= 11 is 6.22. The zero-order chi connectivity index (χ0) is 23.1. The van der Waals surface area contributed by atoms with Gasteiger partial charge in [-0.25, -0.2) is 4.79 Å². The molecule has 32 heavy (non-hydrogen) atoms. The number of benzene rings is 3. The van der Waals surface area contributed by atoms with Crippen molar-refractivity contribution in [2.75, 3.05) is 11.9 Å². The molecule has 5 nitrogen and oxygen atoms in total. The predicted octanol–water partition coefficient (Wildman–Crippen LogP) is 5.88. The first-order valence-electron chi connectivity index (χ1n) is 10.4. The minimum Gasteiger partial charge on any atom is -0.462 e. The second-order valence-corrected chi connectivity index (χ2v) is 7.77. The van der Waals surface area contributed by atoms with Crippen molar-refractivity contribution in [2.45, 2.75) is 26.2 Å². The molecule has 1 N–H and O–H groups in total. The van der Waals surface area contributed by atoms with Crippen molar-refractivity contribution < 1.29 is 19.1 Å². The zero-order valence-electron chi connectivity index (χ0n) is 17.9. The second-order valence-electron chi connectivity index (χ2n) is 7.36. The first kappa shape index (κ1) is 23.2. The zero-order valence-corrected chi connectivity index (χ0v) is 18.7. The van der Waals surface area contributed by atoms with E-state index in [2.05, 4.69) is 5.32 Å². The summed E-state index contributed by atoms with van der Waals surface area (Å²) in [5.41, 5.74) is 2.42. The molecular weight excluding hydrogens is 426 g/mol. The van der Waals surface area contributed by atoms with Crippen LogP contribution in [-0.4, -0.2) is 24.3 Å². The number of halogens is 1. The molecule has 0 heterocycles. The van der Waals surface area contributed by atoms with Crippen LogP contribution in [0.5, 0.6) is 0 Å². The molecule has 0 radical (unpaired) electrons. The van der Waals surface area contributed by atoms with Gasteiger partial charge in [-0.05, 0) is 43.2 Å². The average Bonchev–Trinajstić information content (AvgIpc) is 2.83. The number of hydrogen-bond donors (Lipinski definition) is 1. The van der Waals surface area contributed by atoms with Gasteiger partial charge in [0.25, 0.3) is 0 Å². The lowest BCUT2D eigenvalue weighted by Crippen LogP contribution is -2.20. The van der Waals surface area contributed by atoms with E-state index in [0.717, 1.165) is 0 Å². The van der Waals surface area contributed by atoms with Crippen molar-refractivity contribution in [3.05, 3.63) is 100 Å². The summed E-state index contributed by atoms with van der Waals surface area (Å²) in [5, 5.41) is 3.09. The minimum atomic E-state index is -0.551. The molecule has 1 atom stereocenters. The first-order valence-corrected chi connectivity index (χ1v) is 10.8. The Hall–Kier alpha value is -3.44. The number of nitrogens with one attached hydrogen (secondary N) is 1. The maximum atomic E-state index is 12.9. The van der Waals surface area contributed by atoms with Gasteiger partial charge in [0.15, 0.2) is 5.78 Å². The highest BCUT2D eigenvalue weighted by Gasteiger charge is 2.19. The third-order valence-electron chi connectivity index (χ3n) is 4.98. The van der Waals surface area contributed by atoms with Crippen LogP contribution in [0.25, 0.3) is 0 Å². The molecule has 0 aliphatic carbocycles. The number of anilines is 1. The molecule has 6 heteroatoms. The van der Waals surface area contributed by atoms with Gasteiger partial charge in [-0.2, -0.15) is 0 Å². The van der Waals surface area contributed by atoms with E-state index in [9.17, 15) is 14.4 Å². The third kappa shape index (κ3) is 5.62. The Bertz CT molecular complexity index is 1130. The summed E-state index contributed by atoms with van der Waals surface area (Å²) in [6.07, 6.45) is 0.715. The van der Waals surface area contributed by atoms with Crippen LogP contribution >= 0.6 is 11.6 Å². The van der Waals surface area contributed by atoms with Crippen LogP contribution in [0.1, 0.15) is 58.0 Å². The van der Waals surface area contributed by atoms with E-state index in [1.54, 1.807) is 55.5 Å². The lowest BCUT2D eigenvalue weighted by Gasteiger charge is -2.15. The molecule has 164 valence electrons. The Morgan fingerprint density at radius 2 is 1.62 bits per heavy atom. The highest BCUT2D eigenvalue weighted by molar-refractivity contribution is 6.34. The largest absolute Gasteiger partial charge is 0.462 e. The van der Waals surface area contributed by atoms with Gasteiger partial charge in [0.05, 0.1) is 28.8 Å². The molecule has 3 aromatic carbocycles. The monoisotopic (exact) mass is 449 g/mol. The van der Waals surface area contributed by atoms with E-state index in [1.165, 1.54) is 6.07 Å². The highest BCUT2D eigenvalue weighted by Crippen LogP contribution is 2.26. The maximum Gasteiger partial charge on any atom is 0.338 e. The van der Waals surface area contributed by atoms with Crippen molar-refractivity contribution in [1.82, 2.24) is 0 Å². The van der Waals surface area contributed by atoms with Crippen molar-refractivity contribution >= 4 is 34.9 Å². The number of esters is 1. The maximum absolute atomic E-state index is 12.9. The van der Waals surface area contributed by atoms with Crippen LogP contribution in [-0.2, 0) is 9.53 Å². The number of rotatable bonds is 8. The van der Waals surface area contributed by atoms with E-state index in [1.807, 2.05) is 25.1 Å². The van der Waals surface area contributed by atoms with Crippen LogP contribution in [0.2, 0.25) is 5.02 Å². The minimum absolute atomic E-state index is 0.110. The van der Waals surface area contributed by atoms with Crippen LogP contribution in [0.15, 0.2) is 72.8 Å². The molecule has 0 saturated heterocycles. The molecular formula is C26H24ClNO4.